The molecule has 446 valence electrons. The molecule has 3 amide bonds. The van der Waals surface area contributed by atoms with Crippen LogP contribution >= 0.6 is 11.3 Å². The zero-order chi connectivity index (χ0) is 58.7. The summed E-state index contributed by atoms with van der Waals surface area (Å²) in [6.45, 7) is 17.4. The molecule has 0 aliphatic carbocycles. The minimum absolute atomic E-state index is 0.0188. The van der Waals surface area contributed by atoms with Crippen molar-refractivity contribution in [2.24, 2.45) is 11.8 Å². The van der Waals surface area contributed by atoms with Crippen LogP contribution in [0, 0.1) is 24.6 Å². The number of carbonyl (C=O) groups is 3. The Hall–Kier alpha value is -7.29. The highest BCUT2D eigenvalue weighted by molar-refractivity contribution is 7.13. The maximum absolute atomic E-state index is 17.3. The predicted octanol–water partition coefficient (Wildman–Crippen LogP) is 10.1. The smallest absolute Gasteiger partial charge is 0.409 e. The highest BCUT2D eigenvalue weighted by Crippen LogP contribution is 2.44. The topological polar surface area (TPSA) is 188 Å². The molecule has 6 fully saturated rings. The number of ether oxygens (including phenoxy) is 2. The van der Waals surface area contributed by atoms with Crippen molar-refractivity contribution in [2.75, 3.05) is 75.4 Å². The van der Waals surface area contributed by atoms with Crippen molar-refractivity contribution in [1.82, 2.24) is 50.4 Å². The second kappa shape index (κ2) is 23.5. The molecule has 6 aliphatic heterocycles. The Balaban J connectivity index is 0.630. The number of fused-ring (bicyclic) bond motifs is 5. The molecular weight excluding hydrogens is 1100 g/mol. The normalized spacial score (nSPS) is 24.0. The quantitative estimate of drug-likeness (QED) is 0.0930. The predicted molar refractivity (Wildman–Crippen MR) is 326 cm³/mol. The summed E-state index contributed by atoms with van der Waals surface area (Å²) in [5.74, 6) is 0.287. The van der Waals surface area contributed by atoms with Crippen LogP contribution in [0.4, 0.5) is 20.8 Å². The Labute approximate surface area is 499 Å². The first-order valence-electron chi connectivity index (χ1n) is 30.7. The number of hydrogen-bond acceptors (Lipinski definition) is 16. The molecule has 2 N–H and O–H groups in total. The number of anilines is 2. The molecule has 7 aromatic rings. The standard InChI is InChI=1S/C65H77FN12O6S/c1-7-42-11-8-12-44-13-9-14-49(55(42)44)57-56(66)58-50(31-67-57)60(76-33-46-19-20-47(34-76)70-46)72-63(71-58)83-36-65-22-10-24-78(65)48(21-23-65)35-82-64(81)75-27-25-74(26-28-75)53-30-52(84-73-53)54(38(2)3)62(80)77-32-39(4)29-51(77)61(79)69-40(5)43-15-17-45(18-16-43)59-41(6)68-37-85-59/h8-9,11-18,30-31,37-40,46-48,51,54,70H,7,10,19-29,32-36H2,1-6H3,(H,69,79)/t39-,40+,46?,47?,48-,51?,54?,65-/m1/s1. The number of nitrogens with one attached hydrogen (secondary N) is 2. The Morgan fingerprint density at radius 1 is 0.918 bits per heavy atom. The van der Waals surface area contributed by atoms with Gasteiger partial charge in [-0.2, -0.15) is 9.97 Å². The summed E-state index contributed by atoms with van der Waals surface area (Å²) in [6, 6.07) is 22.2. The molecule has 18 nitrogen and oxygen atoms in total. The van der Waals surface area contributed by atoms with Crippen molar-refractivity contribution in [1.29, 1.82) is 0 Å². The summed E-state index contributed by atoms with van der Waals surface area (Å²) in [5.41, 5.74) is 6.95. The van der Waals surface area contributed by atoms with Crippen LogP contribution < -0.4 is 25.2 Å². The number of carbonyl (C=O) groups excluding carboxylic acids is 3. The molecule has 3 aromatic carbocycles. The fourth-order valence-electron chi connectivity index (χ4n) is 14.7. The average molecular weight is 1170 g/mol. The van der Waals surface area contributed by atoms with E-state index in [0.29, 0.717) is 80.6 Å². The Kier molecular flexibility index (Phi) is 15.7. The highest BCUT2D eigenvalue weighted by atomic mass is 32.1. The van der Waals surface area contributed by atoms with E-state index < -0.39 is 17.8 Å². The van der Waals surface area contributed by atoms with E-state index in [2.05, 4.69) is 79.7 Å². The third-order valence-electron chi connectivity index (χ3n) is 19.2. The summed E-state index contributed by atoms with van der Waals surface area (Å²) in [5, 5.41) is 14.0. The summed E-state index contributed by atoms with van der Waals surface area (Å²) in [4.78, 5) is 72.9. The third-order valence-corrected chi connectivity index (χ3v) is 20.2. The van der Waals surface area contributed by atoms with Gasteiger partial charge in [-0.05, 0) is 111 Å². The van der Waals surface area contributed by atoms with Gasteiger partial charge in [-0.1, -0.05) is 93.5 Å². The Morgan fingerprint density at radius 2 is 1.69 bits per heavy atom. The van der Waals surface area contributed by atoms with Crippen LogP contribution in [0.3, 0.4) is 0 Å². The molecule has 85 heavy (non-hydrogen) atoms. The van der Waals surface area contributed by atoms with Crippen molar-refractivity contribution >= 4 is 62.6 Å². The fraction of sp³-hybridized carbons (Fsp3) is 0.508. The first-order chi connectivity index (χ1) is 41.2. The van der Waals surface area contributed by atoms with Crippen LogP contribution in [0.5, 0.6) is 6.01 Å². The number of aromatic nitrogens is 5. The van der Waals surface area contributed by atoms with Gasteiger partial charge in [0.1, 0.15) is 42.2 Å². The lowest BCUT2D eigenvalue weighted by molar-refractivity contribution is -0.141. The second-order valence-corrected chi connectivity index (χ2v) is 25.9. The van der Waals surface area contributed by atoms with Gasteiger partial charge in [-0.3, -0.25) is 19.5 Å². The van der Waals surface area contributed by atoms with Gasteiger partial charge in [-0.25, -0.2) is 14.2 Å². The zero-order valence-electron chi connectivity index (χ0n) is 49.6. The van der Waals surface area contributed by atoms with E-state index in [1.54, 1.807) is 27.3 Å². The number of pyridine rings is 1. The number of thiazole rings is 1. The van der Waals surface area contributed by atoms with Crippen molar-refractivity contribution in [3.63, 3.8) is 0 Å². The monoisotopic (exact) mass is 1170 g/mol. The summed E-state index contributed by atoms with van der Waals surface area (Å²) in [6.07, 6.45) is 8.54. The Bertz CT molecular complexity index is 3610. The first-order valence-corrected chi connectivity index (χ1v) is 31.6. The fourth-order valence-corrected chi connectivity index (χ4v) is 15.5. The molecule has 0 spiro atoms. The van der Waals surface area contributed by atoms with Crippen molar-refractivity contribution < 1.29 is 32.8 Å². The zero-order valence-corrected chi connectivity index (χ0v) is 50.4. The highest BCUT2D eigenvalue weighted by Gasteiger charge is 2.51. The molecule has 20 heteroatoms. The molecule has 8 atom stereocenters. The van der Waals surface area contributed by atoms with E-state index >= 15 is 4.39 Å². The molecular formula is C65H77FN12O6S. The van der Waals surface area contributed by atoms with Gasteiger partial charge in [0, 0.05) is 81.8 Å². The van der Waals surface area contributed by atoms with Gasteiger partial charge in [0.2, 0.25) is 11.8 Å². The lowest BCUT2D eigenvalue weighted by atomic mass is 9.91. The Morgan fingerprint density at radius 3 is 2.44 bits per heavy atom. The van der Waals surface area contributed by atoms with Gasteiger partial charge in [-0.15, -0.1) is 11.3 Å². The number of rotatable bonds is 16. The van der Waals surface area contributed by atoms with Gasteiger partial charge >= 0.3 is 12.1 Å². The van der Waals surface area contributed by atoms with E-state index in [-0.39, 0.29) is 71.2 Å². The van der Waals surface area contributed by atoms with Crippen LogP contribution in [0.15, 0.2) is 83.0 Å². The van der Waals surface area contributed by atoms with Crippen molar-refractivity contribution in [3.8, 4) is 27.7 Å². The van der Waals surface area contributed by atoms with E-state index in [1.807, 2.05) is 69.6 Å². The number of nitrogens with zero attached hydrogens (tertiary/aromatic N) is 10. The van der Waals surface area contributed by atoms with E-state index in [1.165, 1.54) is 0 Å². The molecule has 4 aromatic heterocycles. The largest absolute Gasteiger partial charge is 0.461 e. The van der Waals surface area contributed by atoms with E-state index in [0.717, 1.165) is 108 Å². The minimum Gasteiger partial charge on any atom is -0.461 e. The van der Waals surface area contributed by atoms with Gasteiger partial charge < -0.3 is 44.2 Å². The molecule has 2 bridgehead atoms. The van der Waals surface area contributed by atoms with Crippen LogP contribution in [-0.2, 0) is 20.7 Å². The molecule has 4 unspecified atom stereocenters. The van der Waals surface area contributed by atoms with Crippen LogP contribution in [-0.4, -0.2) is 153 Å². The molecule has 0 radical (unpaired) electrons. The van der Waals surface area contributed by atoms with Crippen LogP contribution in [0.1, 0.15) is 114 Å². The SMILES string of the molecule is CCc1cccc2cccc(-c3ncc4c(N5CC6CCC(C5)N6)nc(OC[C@]56CCCN5[C@@H](COC(=O)N5CCN(c7cc(C(C(=O)N8C[C@H](C)CC8C(=O)N[C@@H](C)c8ccc(-c9scnc9C)cc8)C(C)C)on7)CC5)CC6)nc4c3F)c12. The molecule has 6 saturated heterocycles. The number of hydrogen-bond donors (Lipinski definition) is 2. The molecule has 13 rings (SSSR count). The number of aryl methyl sites for hydroxylation is 2. The third kappa shape index (κ3) is 11.0. The van der Waals surface area contributed by atoms with Crippen molar-refractivity contribution in [3.05, 3.63) is 107 Å². The van der Waals surface area contributed by atoms with Crippen LogP contribution in [0.25, 0.3) is 43.4 Å². The molecule has 10 heterocycles. The lowest BCUT2D eigenvalue weighted by Crippen LogP contribution is -2.51. The minimum atomic E-state index is -0.640. The number of piperazine rings is 2. The molecule has 0 saturated carbocycles. The van der Waals surface area contributed by atoms with Gasteiger partial charge in [0.25, 0.3) is 0 Å². The number of benzene rings is 3. The first kappa shape index (κ1) is 56.8. The second-order valence-electron chi connectivity index (χ2n) is 25.1. The van der Waals surface area contributed by atoms with E-state index in [9.17, 15) is 14.4 Å². The van der Waals surface area contributed by atoms with E-state index in [4.69, 9.17) is 28.9 Å². The van der Waals surface area contributed by atoms with Crippen molar-refractivity contribution in [2.45, 2.75) is 135 Å². The summed E-state index contributed by atoms with van der Waals surface area (Å²) < 4.78 is 36.1. The summed E-state index contributed by atoms with van der Waals surface area (Å²) in [7, 11) is 0. The lowest BCUT2D eigenvalue weighted by Gasteiger charge is -2.36. The number of likely N-dealkylation sites (tertiary alicyclic amines) is 1. The maximum atomic E-state index is 17.3. The summed E-state index contributed by atoms with van der Waals surface area (Å²) >= 11 is 1.61. The van der Waals surface area contributed by atoms with Gasteiger partial charge in [0.15, 0.2) is 17.4 Å². The number of amides is 3. The molecule has 6 aliphatic rings. The average Bonchev–Trinajstić information content (AvgIpc) is 3.30. The van der Waals surface area contributed by atoms with Gasteiger partial charge in [0.05, 0.1) is 33.0 Å². The number of halogens is 1. The van der Waals surface area contributed by atoms with Crippen LogP contribution in [0.2, 0.25) is 0 Å². The maximum Gasteiger partial charge on any atom is 0.409 e.